The normalized spacial score (nSPS) is 20.5. The predicted octanol–water partition coefficient (Wildman–Crippen LogP) is 3.64. The Morgan fingerprint density at radius 2 is 1.89 bits per heavy atom. The molecule has 1 atom stereocenters. The number of rotatable bonds is 4. The van der Waals surface area contributed by atoms with Gasteiger partial charge >= 0.3 is 0 Å². The largest absolute Gasteiger partial charge is 0.377 e. The van der Waals surface area contributed by atoms with Crippen molar-refractivity contribution in [2.75, 3.05) is 13.2 Å². The van der Waals surface area contributed by atoms with Crippen LogP contribution in [0.1, 0.15) is 51.2 Å². The van der Waals surface area contributed by atoms with Gasteiger partial charge in [-0.2, -0.15) is 0 Å². The van der Waals surface area contributed by atoms with E-state index in [0.717, 1.165) is 19.7 Å². The van der Waals surface area contributed by atoms with Crippen molar-refractivity contribution in [1.82, 2.24) is 5.32 Å². The van der Waals surface area contributed by atoms with Gasteiger partial charge in [0, 0.05) is 19.7 Å². The van der Waals surface area contributed by atoms with Crippen LogP contribution in [0.25, 0.3) is 0 Å². The lowest BCUT2D eigenvalue weighted by Crippen LogP contribution is -2.31. The summed E-state index contributed by atoms with van der Waals surface area (Å²) >= 11 is 0. The molecular formula is C17H27NO. The zero-order valence-corrected chi connectivity index (χ0v) is 12.5. The zero-order valence-electron chi connectivity index (χ0n) is 12.5. The van der Waals surface area contributed by atoms with Crippen molar-refractivity contribution in [3.05, 3.63) is 35.4 Å². The van der Waals surface area contributed by atoms with Gasteiger partial charge < -0.3 is 10.1 Å². The van der Waals surface area contributed by atoms with Crippen LogP contribution in [0.3, 0.4) is 0 Å². The summed E-state index contributed by atoms with van der Waals surface area (Å²) in [6.07, 6.45) is 4.16. The molecule has 2 heteroatoms. The van der Waals surface area contributed by atoms with Crippen molar-refractivity contribution in [1.29, 1.82) is 0 Å². The summed E-state index contributed by atoms with van der Waals surface area (Å²) < 4.78 is 5.72. The van der Waals surface area contributed by atoms with E-state index < -0.39 is 0 Å². The Morgan fingerprint density at radius 1 is 1.16 bits per heavy atom. The van der Waals surface area contributed by atoms with Gasteiger partial charge in [0.2, 0.25) is 0 Å². The van der Waals surface area contributed by atoms with Crippen LogP contribution in [0.5, 0.6) is 0 Å². The zero-order chi connectivity index (χ0) is 13.7. The molecule has 0 aliphatic carbocycles. The number of nitrogens with one attached hydrogen (secondary N) is 1. The molecule has 0 bridgehead atoms. The summed E-state index contributed by atoms with van der Waals surface area (Å²) in [5.74, 6) is 0. The fourth-order valence-electron chi connectivity index (χ4n) is 2.47. The summed E-state index contributed by atoms with van der Waals surface area (Å²) in [6.45, 7) is 9.60. The Bertz CT molecular complexity index is 371. The molecule has 1 aliphatic rings. The summed E-state index contributed by atoms with van der Waals surface area (Å²) in [5, 5.41) is 3.50. The van der Waals surface area contributed by atoms with Gasteiger partial charge in [-0.05, 0) is 35.8 Å². The minimum absolute atomic E-state index is 0.238. The maximum Gasteiger partial charge on any atom is 0.0699 e. The molecule has 1 unspecified atom stereocenters. The highest BCUT2D eigenvalue weighted by Gasteiger charge is 2.14. The Hall–Kier alpha value is -0.860. The van der Waals surface area contributed by atoms with Gasteiger partial charge in [-0.15, -0.1) is 0 Å². The van der Waals surface area contributed by atoms with Crippen molar-refractivity contribution in [2.24, 2.45) is 0 Å². The number of hydrogen-bond acceptors (Lipinski definition) is 2. The van der Waals surface area contributed by atoms with Gasteiger partial charge in [-0.3, -0.25) is 0 Å². The van der Waals surface area contributed by atoms with E-state index in [1.165, 1.54) is 30.4 Å². The Kier molecular flexibility index (Phi) is 5.00. The number of hydrogen-bond donors (Lipinski definition) is 1. The lowest BCUT2D eigenvalue weighted by molar-refractivity contribution is 0.0168. The fraction of sp³-hybridized carbons (Fsp3) is 0.647. The molecule has 19 heavy (non-hydrogen) atoms. The van der Waals surface area contributed by atoms with Crippen LogP contribution in [0.15, 0.2) is 24.3 Å². The average molecular weight is 261 g/mol. The minimum atomic E-state index is 0.238. The maximum atomic E-state index is 5.72. The Labute approximate surface area is 117 Å². The molecule has 1 saturated heterocycles. The summed E-state index contributed by atoms with van der Waals surface area (Å²) in [5.41, 5.74) is 2.98. The van der Waals surface area contributed by atoms with Crippen molar-refractivity contribution in [3.8, 4) is 0 Å². The molecule has 0 spiro atoms. The molecule has 0 radical (unpaired) electrons. The highest BCUT2D eigenvalue weighted by atomic mass is 16.5. The van der Waals surface area contributed by atoms with Crippen molar-refractivity contribution in [2.45, 2.75) is 58.1 Å². The molecule has 1 aliphatic heterocycles. The van der Waals surface area contributed by atoms with Crippen molar-refractivity contribution < 1.29 is 4.74 Å². The Morgan fingerprint density at radius 3 is 2.47 bits per heavy atom. The molecule has 1 heterocycles. The monoisotopic (exact) mass is 261 g/mol. The second-order valence-corrected chi connectivity index (χ2v) is 6.57. The highest BCUT2D eigenvalue weighted by molar-refractivity contribution is 5.27. The fourth-order valence-corrected chi connectivity index (χ4v) is 2.47. The van der Waals surface area contributed by atoms with Crippen LogP contribution in [0.2, 0.25) is 0 Å². The molecule has 1 aromatic carbocycles. The molecule has 2 nitrogen and oxygen atoms in total. The summed E-state index contributed by atoms with van der Waals surface area (Å²) in [4.78, 5) is 0. The number of benzene rings is 1. The maximum absolute atomic E-state index is 5.72. The molecular weight excluding hydrogens is 234 g/mol. The first-order chi connectivity index (χ1) is 9.05. The standard InChI is InChI=1S/C17H27NO/c1-17(2,3)15-9-7-14(8-10-15)12-18-13-16-6-4-5-11-19-16/h7-10,16,18H,4-6,11-13H2,1-3H3. The van der Waals surface area contributed by atoms with Crippen LogP contribution >= 0.6 is 0 Å². The molecule has 1 fully saturated rings. The molecule has 0 amide bonds. The minimum Gasteiger partial charge on any atom is -0.377 e. The van der Waals surface area contributed by atoms with Crippen molar-refractivity contribution in [3.63, 3.8) is 0 Å². The van der Waals surface area contributed by atoms with E-state index in [-0.39, 0.29) is 5.41 Å². The topological polar surface area (TPSA) is 21.3 Å². The van der Waals surface area contributed by atoms with E-state index in [4.69, 9.17) is 4.74 Å². The van der Waals surface area contributed by atoms with E-state index in [1.54, 1.807) is 0 Å². The van der Waals surface area contributed by atoms with Gasteiger partial charge in [0.1, 0.15) is 0 Å². The SMILES string of the molecule is CC(C)(C)c1ccc(CNCC2CCCCO2)cc1. The average Bonchev–Trinajstić information content (AvgIpc) is 2.39. The summed E-state index contributed by atoms with van der Waals surface area (Å²) in [6, 6.07) is 8.95. The molecule has 1 N–H and O–H groups in total. The van der Waals surface area contributed by atoms with Crippen LogP contribution in [-0.4, -0.2) is 19.3 Å². The van der Waals surface area contributed by atoms with Crippen molar-refractivity contribution >= 4 is 0 Å². The predicted molar refractivity (Wildman–Crippen MR) is 80.4 cm³/mol. The van der Waals surface area contributed by atoms with Gasteiger partial charge in [0.05, 0.1) is 6.10 Å². The van der Waals surface area contributed by atoms with E-state index >= 15 is 0 Å². The third-order valence-corrected chi connectivity index (χ3v) is 3.80. The van der Waals surface area contributed by atoms with E-state index in [1.807, 2.05) is 0 Å². The first-order valence-electron chi connectivity index (χ1n) is 7.47. The first kappa shape index (κ1) is 14.5. The second-order valence-electron chi connectivity index (χ2n) is 6.57. The van der Waals surface area contributed by atoms with E-state index in [0.29, 0.717) is 6.10 Å². The molecule has 0 aromatic heterocycles. The van der Waals surface area contributed by atoms with E-state index in [9.17, 15) is 0 Å². The third kappa shape index (κ3) is 4.63. The van der Waals surface area contributed by atoms with E-state index in [2.05, 4.69) is 50.4 Å². The second kappa shape index (κ2) is 6.53. The molecule has 2 rings (SSSR count). The Balaban J connectivity index is 1.76. The van der Waals surface area contributed by atoms with Gasteiger partial charge in [-0.1, -0.05) is 45.0 Å². The smallest absolute Gasteiger partial charge is 0.0699 e. The lowest BCUT2D eigenvalue weighted by Gasteiger charge is -2.23. The summed E-state index contributed by atoms with van der Waals surface area (Å²) in [7, 11) is 0. The quantitative estimate of drug-likeness (QED) is 0.893. The molecule has 106 valence electrons. The van der Waals surface area contributed by atoms with Crippen LogP contribution < -0.4 is 5.32 Å². The molecule has 1 aromatic rings. The van der Waals surface area contributed by atoms with Crippen LogP contribution in [-0.2, 0) is 16.7 Å². The third-order valence-electron chi connectivity index (χ3n) is 3.80. The molecule has 0 saturated carbocycles. The van der Waals surface area contributed by atoms with Crippen LogP contribution in [0.4, 0.5) is 0 Å². The van der Waals surface area contributed by atoms with Gasteiger partial charge in [0.25, 0.3) is 0 Å². The highest BCUT2D eigenvalue weighted by Crippen LogP contribution is 2.22. The van der Waals surface area contributed by atoms with Crippen LogP contribution in [0, 0.1) is 0 Å². The van der Waals surface area contributed by atoms with Gasteiger partial charge in [0.15, 0.2) is 0 Å². The first-order valence-corrected chi connectivity index (χ1v) is 7.47. The number of ether oxygens (including phenoxy) is 1. The van der Waals surface area contributed by atoms with Gasteiger partial charge in [-0.25, -0.2) is 0 Å². The lowest BCUT2D eigenvalue weighted by atomic mass is 9.87.